The maximum absolute atomic E-state index is 15.9. The van der Waals surface area contributed by atoms with Crippen molar-refractivity contribution in [1.29, 1.82) is 21.0 Å². The van der Waals surface area contributed by atoms with Crippen LogP contribution in [0.4, 0.5) is 13.2 Å². The number of benzene rings is 6. The van der Waals surface area contributed by atoms with E-state index >= 15 is 22.8 Å². The number of Topliss-reactive ketones (excluding diaryl/α,β-unsaturated/α-hetero) is 2. The molecular formula is C117H127F3N4O2S5. The zero-order valence-corrected chi connectivity index (χ0v) is 82.7. The molecule has 4 aliphatic rings. The quantitative estimate of drug-likeness (QED) is 0.0212. The third kappa shape index (κ3) is 19.5. The molecule has 0 spiro atoms. The van der Waals surface area contributed by atoms with E-state index in [1.54, 1.807) is 35.7 Å². The van der Waals surface area contributed by atoms with Gasteiger partial charge in [-0.25, -0.2) is 13.2 Å². The molecule has 4 aliphatic carbocycles. The van der Waals surface area contributed by atoms with Crippen LogP contribution in [0.1, 0.15) is 397 Å². The molecule has 0 unspecified atom stereocenters. The highest BCUT2D eigenvalue weighted by Gasteiger charge is 2.57. The van der Waals surface area contributed by atoms with E-state index < -0.39 is 39.8 Å². The maximum atomic E-state index is 15.9. The first-order chi connectivity index (χ1) is 63.9. The summed E-state index contributed by atoms with van der Waals surface area (Å²) in [5.74, 6) is -3.89. The number of unbranched alkanes of at least 4 members (excludes halogenated alkanes) is 24. The van der Waals surface area contributed by atoms with Gasteiger partial charge in [0.25, 0.3) is 0 Å². The molecule has 0 N–H and O–H groups in total. The summed E-state index contributed by atoms with van der Waals surface area (Å²) in [5.41, 5.74) is 19.2. The summed E-state index contributed by atoms with van der Waals surface area (Å²) >= 11 is 9.00. The lowest BCUT2D eigenvalue weighted by atomic mass is 9.65. The number of thiophene rings is 5. The van der Waals surface area contributed by atoms with Gasteiger partial charge >= 0.3 is 0 Å². The molecule has 6 aromatic carbocycles. The van der Waals surface area contributed by atoms with Gasteiger partial charge in [0.15, 0.2) is 23.2 Å². The maximum Gasteiger partial charge on any atom is 0.194 e. The van der Waals surface area contributed by atoms with E-state index in [-0.39, 0.29) is 50.1 Å². The number of fused-ring (bicyclic) bond motifs is 13. The van der Waals surface area contributed by atoms with Crippen molar-refractivity contribution in [2.45, 2.75) is 330 Å². The highest BCUT2D eigenvalue weighted by Crippen LogP contribution is 2.72. The number of nitrogens with zero attached hydrogens (tertiary/aromatic N) is 4. The average molecular weight is 1840 g/mol. The molecule has 11 aromatic rings. The van der Waals surface area contributed by atoms with Crippen LogP contribution in [0.2, 0.25) is 0 Å². The predicted molar refractivity (Wildman–Crippen MR) is 547 cm³/mol. The fourth-order valence-electron chi connectivity index (χ4n) is 21.4. The molecule has 0 fully saturated rings. The van der Waals surface area contributed by atoms with Gasteiger partial charge in [-0.15, -0.1) is 56.7 Å². The summed E-state index contributed by atoms with van der Waals surface area (Å²) in [6.07, 6.45) is 46.6. The van der Waals surface area contributed by atoms with Gasteiger partial charge in [-0.2, -0.15) is 21.0 Å². The van der Waals surface area contributed by atoms with Crippen molar-refractivity contribution < 1.29 is 22.8 Å². The number of rotatable bonds is 46. The highest BCUT2D eigenvalue weighted by atomic mass is 32.1. The molecule has 0 saturated carbocycles. The lowest BCUT2D eigenvalue weighted by Gasteiger charge is -2.35. The molecule has 0 bridgehead atoms. The molecule has 5 aromatic heterocycles. The van der Waals surface area contributed by atoms with Crippen LogP contribution in [0.25, 0.3) is 61.6 Å². The zero-order valence-electron chi connectivity index (χ0n) is 78.6. The molecule has 15 rings (SSSR count). The SMILES string of the molecule is CCCCCCc1cc(CCCCCC)cc(C2(c3cc(CCCCCC)cc(CCCCCC)c3)c3cc(/C=C4\C(=O)c5cc(F)c(F)cc5C4=C(C#N)C#N)sc3-c3sc4c5c(sc4c32)-c2sc3cc(/C=C4\C(=O)c6cc(F)c(C)cc6C4=C(C#N)C#N)sc3c2C5(c2cc(CCCCCC)cc(CCCCCC)c2)c2cc(CCCCCC)cc(CCCCCC)c2)c1. The molecule has 678 valence electrons. The van der Waals surface area contributed by atoms with Crippen LogP contribution in [0.5, 0.6) is 0 Å². The standard InChI is InChI=1S/C117H127F3N4O2S5/c1-10-18-26-34-42-75-51-76(43-35-27-19-11-2)56-85(55-75)116(86-57-77(44-36-28-20-12-3)52-78(58-86)45-37-29-21-13-4)97-65-89(63-95-103(84(72-123)73-124)92-67-99(119)100(120)69-94(92)108(95)126)127-109(97)111-105(116)113-115(130-111)106-114(131-113)112-104(110-101(129-112)66-90(128-110)64-96-102(83(70-121)71-122)91-50-74(9)98(118)68-93(91)107(96)125)117(106,87-59-79(46-38-30-22-14-5)53-80(60-87)47-39-31-23-15-6)88-61-81(48-40-32-24-16-7)54-82(62-88)49-41-33-25-17-8/h50-69H,10-49H2,1-9H3/b95-63-,96-64-. The van der Waals surface area contributed by atoms with Gasteiger partial charge in [0.05, 0.1) is 44.4 Å². The highest BCUT2D eigenvalue weighted by molar-refractivity contribution is 7.36. The summed E-state index contributed by atoms with van der Waals surface area (Å²) in [7, 11) is 0. The van der Waals surface area contributed by atoms with Gasteiger partial charge in [-0.1, -0.05) is 282 Å². The van der Waals surface area contributed by atoms with Crippen molar-refractivity contribution >= 4 is 110 Å². The molecule has 131 heavy (non-hydrogen) atoms. The van der Waals surface area contributed by atoms with Gasteiger partial charge in [0.1, 0.15) is 41.2 Å². The Morgan fingerprint density at radius 3 is 0.939 bits per heavy atom. The largest absolute Gasteiger partial charge is 0.289 e. The van der Waals surface area contributed by atoms with Crippen molar-refractivity contribution in [3.8, 4) is 43.8 Å². The molecule has 0 radical (unpaired) electrons. The van der Waals surface area contributed by atoms with Gasteiger partial charge < -0.3 is 0 Å². The van der Waals surface area contributed by atoms with Crippen LogP contribution in [-0.4, -0.2) is 11.6 Å². The number of carbonyl (C=O) groups is 2. The van der Waals surface area contributed by atoms with Gasteiger partial charge in [-0.3, -0.25) is 9.59 Å². The van der Waals surface area contributed by atoms with Gasteiger partial charge in [-0.05, 0) is 247 Å². The molecule has 0 atom stereocenters. The third-order valence-electron chi connectivity index (χ3n) is 28.0. The average Bonchev–Trinajstić information content (AvgIpc) is 1.48. The number of hydrogen-bond acceptors (Lipinski definition) is 11. The van der Waals surface area contributed by atoms with Crippen LogP contribution in [-0.2, 0) is 62.2 Å². The second kappa shape index (κ2) is 44.0. The molecule has 0 aliphatic heterocycles. The summed E-state index contributed by atoms with van der Waals surface area (Å²) < 4.78 is 52.0. The number of halogens is 3. The van der Waals surface area contributed by atoms with Crippen LogP contribution >= 0.6 is 56.7 Å². The number of hydrogen-bond donors (Lipinski definition) is 0. The molecule has 14 heteroatoms. The van der Waals surface area contributed by atoms with Crippen molar-refractivity contribution in [1.82, 2.24) is 0 Å². The number of aryl methyl sites for hydroxylation is 9. The molecule has 6 nitrogen and oxygen atoms in total. The summed E-state index contributed by atoms with van der Waals surface area (Å²) in [6, 6.07) is 48.7. The Kier molecular flexibility index (Phi) is 32.3. The minimum atomic E-state index is -1.19. The van der Waals surface area contributed by atoms with Crippen molar-refractivity contribution in [3.05, 3.63) is 276 Å². The number of ketones is 2. The van der Waals surface area contributed by atoms with E-state index in [4.69, 9.17) is 0 Å². The molecular weight excluding hydrogens is 1710 g/mol. The monoisotopic (exact) mass is 1840 g/mol. The normalized spacial score (nSPS) is 14.4. The first-order valence-electron chi connectivity index (χ1n) is 49.7. The lowest BCUT2D eigenvalue weighted by molar-refractivity contribution is 0.103. The van der Waals surface area contributed by atoms with E-state index in [9.17, 15) is 21.0 Å². The Morgan fingerprint density at radius 1 is 0.305 bits per heavy atom. The first-order valence-corrected chi connectivity index (χ1v) is 53.8. The molecule has 0 amide bonds. The van der Waals surface area contributed by atoms with Crippen LogP contribution in [0.3, 0.4) is 0 Å². The first kappa shape index (κ1) is 96.0. The minimum Gasteiger partial charge on any atom is -0.289 e. The predicted octanol–water partition coefficient (Wildman–Crippen LogP) is 34.9. The fourth-order valence-corrected chi connectivity index (χ4v) is 28.7. The second-order valence-corrected chi connectivity index (χ2v) is 42.9. The Labute approximate surface area is 797 Å². The zero-order chi connectivity index (χ0) is 92.0. The smallest absolute Gasteiger partial charge is 0.194 e. The Balaban J connectivity index is 1.12. The van der Waals surface area contributed by atoms with E-state index in [0.717, 1.165) is 303 Å². The van der Waals surface area contributed by atoms with Crippen LogP contribution in [0.15, 0.2) is 131 Å². The lowest BCUT2D eigenvalue weighted by Crippen LogP contribution is -2.30. The summed E-state index contributed by atoms with van der Waals surface area (Å²) in [6.45, 7) is 20.0. The van der Waals surface area contributed by atoms with Crippen molar-refractivity contribution in [2.24, 2.45) is 0 Å². The van der Waals surface area contributed by atoms with E-state index in [1.807, 2.05) is 46.2 Å². The van der Waals surface area contributed by atoms with E-state index in [2.05, 4.69) is 165 Å². The summed E-state index contributed by atoms with van der Waals surface area (Å²) in [5, 5.41) is 43.3. The number of allylic oxidation sites excluding steroid dienone is 6. The van der Waals surface area contributed by atoms with E-state index in [1.165, 1.54) is 109 Å². The van der Waals surface area contributed by atoms with Gasteiger partial charge in [0.2, 0.25) is 0 Å². The Bertz CT molecular complexity index is 6130. The Hall–Kier alpha value is -9.61. The number of carbonyl (C=O) groups excluding carboxylic acids is 2. The van der Waals surface area contributed by atoms with Crippen molar-refractivity contribution in [2.75, 3.05) is 0 Å². The topological polar surface area (TPSA) is 129 Å². The second-order valence-electron chi connectivity index (χ2n) is 37.6. The third-order valence-corrected chi connectivity index (χ3v) is 34.3. The number of nitriles is 4. The summed E-state index contributed by atoms with van der Waals surface area (Å²) in [4.78, 5) is 36.8. The minimum absolute atomic E-state index is 0.00220. The van der Waals surface area contributed by atoms with Crippen molar-refractivity contribution in [3.63, 3.8) is 0 Å². The molecule has 0 saturated heterocycles. The Morgan fingerprint density at radius 2 is 0.595 bits per heavy atom. The fraction of sp³-hybridized carbons (Fsp3) is 0.436. The van der Waals surface area contributed by atoms with Crippen LogP contribution < -0.4 is 0 Å². The molecule has 5 heterocycles. The van der Waals surface area contributed by atoms with Gasteiger partial charge in [0, 0.05) is 64.6 Å². The van der Waals surface area contributed by atoms with Crippen LogP contribution in [0, 0.1) is 69.7 Å². The van der Waals surface area contributed by atoms with E-state index in [0.29, 0.717) is 11.1 Å².